The number of aromatic nitrogens is 1. The predicted molar refractivity (Wildman–Crippen MR) is 53.9 cm³/mol. The van der Waals surface area contributed by atoms with Crippen molar-refractivity contribution in [2.24, 2.45) is 0 Å². The molecule has 0 aliphatic heterocycles. The van der Waals surface area contributed by atoms with Crippen LogP contribution in [0.15, 0.2) is 30.6 Å². The highest BCUT2D eigenvalue weighted by atomic mass is 19.1. The number of halogens is 1. The molecule has 0 radical (unpaired) electrons. The molecule has 0 unspecified atom stereocenters. The molecule has 1 aromatic carbocycles. The van der Waals surface area contributed by atoms with Crippen molar-refractivity contribution in [1.29, 1.82) is 0 Å². The second-order valence-electron chi connectivity index (χ2n) is 2.85. The van der Waals surface area contributed by atoms with Gasteiger partial charge < -0.3 is 4.98 Å². The fraction of sp³-hybridized carbons (Fsp3) is 0. The van der Waals surface area contributed by atoms with Gasteiger partial charge in [-0.25, -0.2) is 9.24 Å². The van der Waals surface area contributed by atoms with Gasteiger partial charge in [0.15, 0.2) is 6.20 Å². The summed E-state index contributed by atoms with van der Waals surface area (Å²) in [6.45, 7) is 6.61. The van der Waals surface area contributed by atoms with Crippen LogP contribution in [0, 0.1) is 12.4 Å². The number of aromatic amines is 1. The smallest absolute Gasteiger partial charge is 0.154 e. The van der Waals surface area contributed by atoms with E-state index in [1.54, 1.807) is 18.3 Å². The first-order valence-corrected chi connectivity index (χ1v) is 4.11. The topological polar surface area (TPSA) is 20.1 Å². The number of hydrogen-bond donors (Lipinski definition) is 1. The van der Waals surface area contributed by atoms with Crippen LogP contribution in [-0.4, -0.2) is 4.98 Å². The molecule has 1 heterocycles. The molecule has 2 nitrogen and oxygen atoms in total. The molecule has 2 rings (SSSR count). The number of H-pyrrole nitrogens is 1. The minimum atomic E-state index is -0.273. The maximum absolute atomic E-state index is 13.2. The van der Waals surface area contributed by atoms with Gasteiger partial charge in [-0.15, -0.1) is 0 Å². The fourth-order valence-corrected chi connectivity index (χ4v) is 1.39. The van der Waals surface area contributed by atoms with E-state index >= 15 is 0 Å². The van der Waals surface area contributed by atoms with Crippen LogP contribution < -0.4 is 0 Å². The van der Waals surface area contributed by atoms with Crippen LogP contribution in [-0.2, 0) is 0 Å². The largest absolute Gasteiger partial charge is 0.358 e. The Hall–Kier alpha value is -2.08. The van der Waals surface area contributed by atoms with Gasteiger partial charge in [0, 0.05) is 11.6 Å². The molecule has 0 bridgehead atoms. The lowest BCUT2D eigenvalue weighted by atomic mass is 10.2. The van der Waals surface area contributed by atoms with Crippen LogP contribution in [0.4, 0.5) is 4.39 Å². The number of nitrogens with zero attached hydrogens (tertiary/aromatic N) is 1. The Balaban J connectivity index is 2.65. The molecule has 1 N–H and O–H groups in total. The van der Waals surface area contributed by atoms with Crippen molar-refractivity contribution in [2.45, 2.75) is 0 Å². The van der Waals surface area contributed by atoms with Gasteiger partial charge in [0.25, 0.3) is 0 Å². The average molecular weight is 186 g/mol. The van der Waals surface area contributed by atoms with E-state index < -0.39 is 0 Å². The van der Waals surface area contributed by atoms with Crippen LogP contribution in [0.5, 0.6) is 0 Å². The van der Waals surface area contributed by atoms with E-state index in [9.17, 15) is 4.39 Å². The molecule has 0 fully saturated rings. The summed E-state index contributed by atoms with van der Waals surface area (Å²) in [6.07, 6.45) is 4.70. The first kappa shape index (κ1) is 8.52. The minimum absolute atomic E-state index is 0.273. The Morgan fingerprint density at radius 1 is 1.43 bits per heavy atom. The van der Waals surface area contributed by atoms with Crippen molar-refractivity contribution in [2.75, 3.05) is 0 Å². The zero-order chi connectivity index (χ0) is 9.97. The molecule has 1 aromatic heterocycles. The Kier molecular flexibility index (Phi) is 2.04. The Bertz CT molecular complexity index is 532. The van der Waals surface area contributed by atoms with Gasteiger partial charge in [0.05, 0.1) is 12.1 Å². The van der Waals surface area contributed by atoms with Crippen LogP contribution in [0.3, 0.4) is 0 Å². The molecule has 68 valence electrons. The van der Waals surface area contributed by atoms with Crippen molar-refractivity contribution < 1.29 is 4.39 Å². The third-order valence-corrected chi connectivity index (χ3v) is 2.03. The van der Waals surface area contributed by atoms with Gasteiger partial charge in [-0.05, 0) is 11.6 Å². The molecular formula is C11H7FN2. The van der Waals surface area contributed by atoms with E-state index in [4.69, 9.17) is 6.57 Å². The number of fused-ring (bicyclic) bond motifs is 1. The summed E-state index contributed by atoms with van der Waals surface area (Å²) in [5.41, 5.74) is 1.31. The maximum atomic E-state index is 13.2. The van der Waals surface area contributed by atoms with Crippen molar-refractivity contribution in [3.63, 3.8) is 0 Å². The molecule has 14 heavy (non-hydrogen) atoms. The zero-order valence-electron chi connectivity index (χ0n) is 7.29. The summed E-state index contributed by atoms with van der Waals surface area (Å²) in [6, 6.07) is 4.88. The lowest BCUT2D eigenvalue weighted by molar-refractivity contribution is 0.637. The summed E-state index contributed by atoms with van der Waals surface area (Å²) >= 11 is 0. The highest BCUT2D eigenvalue weighted by Crippen LogP contribution is 2.21. The number of nitrogens with one attached hydrogen (secondary N) is 1. The third kappa shape index (κ3) is 1.27. The molecule has 2 aromatic rings. The molecule has 0 amide bonds. The van der Waals surface area contributed by atoms with Gasteiger partial charge in [-0.3, -0.25) is 0 Å². The van der Waals surface area contributed by atoms with Crippen molar-refractivity contribution in [3.05, 3.63) is 53.4 Å². The predicted octanol–water partition coefficient (Wildman–Crippen LogP) is 3.20. The first-order chi connectivity index (χ1) is 6.83. The van der Waals surface area contributed by atoms with Crippen molar-refractivity contribution >= 4 is 17.0 Å². The minimum Gasteiger partial charge on any atom is -0.358 e. The first-order valence-electron chi connectivity index (χ1n) is 4.11. The molecular weight excluding hydrogens is 179 g/mol. The number of rotatable bonds is 1. The summed E-state index contributed by atoms with van der Waals surface area (Å²) in [4.78, 5) is 5.94. The number of benzene rings is 1. The Labute approximate surface area is 80.5 Å². The Morgan fingerprint density at radius 2 is 2.29 bits per heavy atom. The van der Waals surface area contributed by atoms with Gasteiger partial charge in [0.1, 0.15) is 5.82 Å². The van der Waals surface area contributed by atoms with E-state index in [0.717, 1.165) is 10.9 Å². The van der Waals surface area contributed by atoms with E-state index in [1.807, 2.05) is 6.07 Å². The monoisotopic (exact) mass is 186 g/mol. The summed E-state index contributed by atoms with van der Waals surface area (Å²) < 4.78 is 13.2. The number of para-hydroxylation sites is 1. The average Bonchev–Trinajstić information content (AvgIpc) is 2.60. The van der Waals surface area contributed by atoms with Crippen molar-refractivity contribution in [3.8, 4) is 0 Å². The van der Waals surface area contributed by atoms with E-state index in [0.29, 0.717) is 5.52 Å². The summed E-state index contributed by atoms with van der Waals surface area (Å²) in [7, 11) is 0. The lowest BCUT2D eigenvalue weighted by Crippen LogP contribution is -1.75. The van der Waals surface area contributed by atoms with E-state index in [2.05, 4.69) is 9.83 Å². The van der Waals surface area contributed by atoms with E-state index in [1.165, 1.54) is 12.3 Å². The molecule has 0 spiro atoms. The van der Waals surface area contributed by atoms with Gasteiger partial charge >= 0.3 is 0 Å². The van der Waals surface area contributed by atoms with Crippen LogP contribution in [0.2, 0.25) is 0 Å². The molecule has 0 saturated heterocycles. The molecule has 0 aliphatic rings. The van der Waals surface area contributed by atoms with Gasteiger partial charge in [-0.2, -0.15) is 0 Å². The van der Waals surface area contributed by atoms with Gasteiger partial charge in [0.2, 0.25) is 0 Å². The lowest BCUT2D eigenvalue weighted by Gasteiger charge is -1.92. The highest BCUT2D eigenvalue weighted by molar-refractivity contribution is 5.89. The fourth-order valence-electron chi connectivity index (χ4n) is 1.39. The zero-order valence-corrected chi connectivity index (χ0v) is 7.29. The second-order valence-corrected chi connectivity index (χ2v) is 2.85. The molecule has 3 heteroatoms. The van der Waals surface area contributed by atoms with Crippen LogP contribution in [0.1, 0.15) is 5.56 Å². The molecule has 0 atom stereocenters. The van der Waals surface area contributed by atoms with Crippen LogP contribution >= 0.6 is 0 Å². The summed E-state index contributed by atoms with van der Waals surface area (Å²) in [5.74, 6) is -0.273. The standard InChI is InChI=1S/C11H7FN2/c1-13-6-5-8-7-14-11-9(8)3-2-4-10(11)12/h2-7,14H/b6-5-. The van der Waals surface area contributed by atoms with Crippen molar-refractivity contribution in [1.82, 2.24) is 4.98 Å². The maximum Gasteiger partial charge on any atom is 0.154 e. The second kappa shape index (κ2) is 3.35. The quantitative estimate of drug-likeness (QED) is 0.660. The molecule has 0 aliphatic carbocycles. The van der Waals surface area contributed by atoms with E-state index in [-0.39, 0.29) is 5.82 Å². The highest BCUT2D eigenvalue weighted by Gasteiger charge is 2.03. The van der Waals surface area contributed by atoms with Gasteiger partial charge in [-0.1, -0.05) is 18.2 Å². The summed E-state index contributed by atoms with van der Waals surface area (Å²) in [5, 5.41) is 0.796. The Morgan fingerprint density at radius 3 is 3.07 bits per heavy atom. The van der Waals surface area contributed by atoms with Crippen LogP contribution in [0.25, 0.3) is 21.8 Å². The number of hydrogen-bond acceptors (Lipinski definition) is 0. The molecule has 0 saturated carbocycles. The third-order valence-electron chi connectivity index (χ3n) is 2.03. The normalized spacial score (nSPS) is 10.9. The SMILES string of the molecule is [C-]#[N+]/C=C\c1c[nH]c2c(F)cccc12.